The molecular weight excluding hydrogens is 328 g/mol. The van der Waals surface area contributed by atoms with Gasteiger partial charge in [0.2, 0.25) is 5.91 Å². The SMILES string of the molecule is Cn1ncc2c1CC(C(=O)NCCc1ccn(-c3ccccc3)n1)CN2. The van der Waals surface area contributed by atoms with Gasteiger partial charge in [0.1, 0.15) is 0 Å². The minimum Gasteiger partial charge on any atom is -0.381 e. The van der Waals surface area contributed by atoms with Crippen molar-refractivity contribution in [3.05, 3.63) is 60.2 Å². The molecule has 0 fully saturated rings. The van der Waals surface area contributed by atoms with Crippen LogP contribution in [0.25, 0.3) is 5.69 Å². The number of carbonyl (C=O) groups excluding carboxylic acids is 1. The summed E-state index contributed by atoms with van der Waals surface area (Å²) in [6.07, 6.45) is 5.18. The van der Waals surface area contributed by atoms with Crippen LogP contribution in [0, 0.1) is 5.92 Å². The first-order valence-electron chi connectivity index (χ1n) is 8.83. The van der Waals surface area contributed by atoms with Crippen molar-refractivity contribution < 1.29 is 4.79 Å². The molecule has 134 valence electrons. The Bertz CT molecular complexity index is 898. The second-order valence-electron chi connectivity index (χ2n) is 6.54. The minimum atomic E-state index is -0.0697. The van der Waals surface area contributed by atoms with Gasteiger partial charge in [-0.1, -0.05) is 18.2 Å². The number of amides is 1. The fourth-order valence-electron chi connectivity index (χ4n) is 3.25. The van der Waals surface area contributed by atoms with E-state index in [0.717, 1.165) is 22.8 Å². The molecule has 3 heterocycles. The van der Waals surface area contributed by atoms with Crippen molar-refractivity contribution in [2.45, 2.75) is 12.8 Å². The number of carbonyl (C=O) groups is 1. The fraction of sp³-hybridized carbons (Fsp3) is 0.316. The standard InChI is InChI=1S/C19H22N6O/c1-24-18-11-14(12-21-17(18)13-22-24)19(26)20-9-7-15-8-10-25(23-15)16-5-3-2-4-6-16/h2-6,8,10,13-14,21H,7,9,11-12H2,1H3,(H,20,26). The molecule has 7 nitrogen and oxygen atoms in total. The average molecular weight is 350 g/mol. The van der Waals surface area contributed by atoms with Gasteiger partial charge < -0.3 is 10.6 Å². The molecule has 4 rings (SSSR count). The van der Waals surface area contributed by atoms with Crippen LogP contribution in [0.3, 0.4) is 0 Å². The molecular formula is C19H22N6O. The summed E-state index contributed by atoms with van der Waals surface area (Å²) in [7, 11) is 1.91. The first kappa shape index (κ1) is 16.4. The minimum absolute atomic E-state index is 0.0697. The summed E-state index contributed by atoms with van der Waals surface area (Å²) in [5, 5.41) is 15.1. The number of para-hydroxylation sites is 1. The van der Waals surface area contributed by atoms with Crippen LogP contribution in [0.15, 0.2) is 48.8 Å². The van der Waals surface area contributed by atoms with Crippen molar-refractivity contribution in [2.75, 3.05) is 18.4 Å². The number of anilines is 1. The lowest BCUT2D eigenvalue weighted by Crippen LogP contribution is -2.39. The van der Waals surface area contributed by atoms with Crippen LogP contribution in [0.2, 0.25) is 0 Å². The smallest absolute Gasteiger partial charge is 0.225 e. The molecule has 0 bridgehead atoms. The monoisotopic (exact) mass is 350 g/mol. The van der Waals surface area contributed by atoms with E-state index in [1.807, 2.05) is 65.2 Å². The van der Waals surface area contributed by atoms with Crippen molar-refractivity contribution >= 4 is 11.6 Å². The molecule has 2 aromatic heterocycles. The van der Waals surface area contributed by atoms with E-state index >= 15 is 0 Å². The predicted molar refractivity (Wildman–Crippen MR) is 99.2 cm³/mol. The highest BCUT2D eigenvalue weighted by Crippen LogP contribution is 2.23. The number of hydrogen-bond acceptors (Lipinski definition) is 4. The lowest BCUT2D eigenvalue weighted by atomic mass is 9.98. The van der Waals surface area contributed by atoms with Gasteiger partial charge >= 0.3 is 0 Å². The number of nitrogens with zero attached hydrogens (tertiary/aromatic N) is 4. The van der Waals surface area contributed by atoms with E-state index in [4.69, 9.17) is 0 Å². The number of aromatic nitrogens is 4. The van der Waals surface area contributed by atoms with Gasteiger partial charge in [0.15, 0.2) is 0 Å². The third-order valence-corrected chi connectivity index (χ3v) is 4.76. The van der Waals surface area contributed by atoms with Gasteiger partial charge in [0.05, 0.1) is 34.9 Å². The van der Waals surface area contributed by atoms with Crippen molar-refractivity contribution in [1.29, 1.82) is 0 Å². The fourth-order valence-corrected chi connectivity index (χ4v) is 3.25. The van der Waals surface area contributed by atoms with Gasteiger partial charge in [-0.05, 0) is 18.2 Å². The van der Waals surface area contributed by atoms with E-state index < -0.39 is 0 Å². The summed E-state index contributed by atoms with van der Waals surface area (Å²) in [5.74, 6) is 0.00613. The van der Waals surface area contributed by atoms with Crippen LogP contribution in [-0.2, 0) is 24.7 Å². The number of benzene rings is 1. The molecule has 1 unspecified atom stereocenters. The van der Waals surface area contributed by atoms with Gasteiger partial charge in [-0.3, -0.25) is 9.48 Å². The first-order valence-corrected chi connectivity index (χ1v) is 8.83. The Labute approximate surface area is 152 Å². The molecule has 0 saturated heterocycles. The van der Waals surface area contributed by atoms with Gasteiger partial charge in [0, 0.05) is 39.2 Å². The Kier molecular flexibility index (Phi) is 4.43. The van der Waals surface area contributed by atoms with E-state index in [-0.39, 0.29) is 11.8 Å². The maximum absolute atomic E-state index is 12.5. The van der Waals surface area contributed by atoms with Crippen molar-refractivity contribution in [1.82, 2.24) is 24.9 Å². The molecule has 26 heavy (non-hydrogen) atoms. The largest absolute Gasteiger partial charge is 0.381 e. The number of nitrogens with one attached hydrogen (secondary N) is 2. The molecule has 1 atom stereocenters. The highest BCUT2D eigenvalue weighted by Gasteiger charge is 2.26. The Hall–Kier alpha value is -3.09. The summed E-state index contributed by atoms with van der Waals surface area (Å²) in [6, 6.07) is 12.0. The molecule has 1 aliphatic heterocycles. The molecule has 0 saturated carbocycles. The predicted octanol–water partition coefficient (Wildman–Crippen LogP) is 1.55. The van der Waals surface area contributed by atoms with Gasteiger partial charge in [-0.25, -0.2) is 4.68 Å². The van der Waals surface area contributed by atoms with E-state index in [9.17, 15) is 4.79 Å². The average Bonchev–Trinajstić information content (AvgIpc) is 3.29. The lowest BCUT2D eigenvalue weighted by Gasteiger charge is -2.23. The van der Waals surface area contributed by atoms with Crippen LogP contribution in [0.5, 0.6) is 0 Å². The Morgan fingerprint density at radius 2 is 2.15 bits per heavy atom. The van der Waals surface area contributed by atoms with Crippen molar-refractivity contribution in [3.63, 3.8) is 0 Å². The van der Waals surface area contributed by atoms with Crippen LogP contribution < -0.4 is 10.6 Å². The lowest BCUT2D eigenvalue weighted by molar-refractivity contribution is -0.124. The zero-order valence-electron chi connectivity index (χ0n) is 14.7. The van der Waals surface area contributed by atoms with Crippen LogP contribution in [0.4, 0.5) is 5.69 Å². The Morgan fingerprint density at radius 1 is 1.31 bits per heavy atom. The number of rotatable bonds is 5. The van der Waals surface area contributed by atoms with E-state index in [1.165, 1.54) is 0 Å². The summed E-state index contributed by atoms with van der Waals surface area (Å²) < 4.78 is 3.68. The van der Waals surface area contributed by atoms with Crippen molar-refractivity contribution in [3.8, 4) is 5.69 Å². The molecule has 0 radical (unpaired) electrons. The third-order valence-electron chi connectivity index (χ3n) is 4.76. The van der Waals surface area contributed by atoms with Crippen LogP contribution >= 0.6 is 0 Å². The number of hydrogen-bond donors (Lipinski definition) is 2. The maximum Gasteiger partial charge on any atom is 0.225 e. The molecule has 2 N–H and O–H groups in total. The van der Waals surface area contributed by atoms with E-state index in [0.29, 0.717) is 25.9 Å². The molecule has 1 amide bonds. The van der Waals surface area contributed by atoms with Crippen LogP contribution in [0.1, 0.15) is 11.4 Å². The van der Waals surface area contributed by atoms with Gasteiger partial charge in [-0.2, -0.15) is 10.2 Å². The summed E-state index contributed by atoms with van der Waals surface area (Å²) in [6.45, 7) is 1.23. The third kappa shape index (κ3) is 3.33. The molecule has 7 heteroatoms. The highest BCUT2D eigenvalue weighted by atomic mass is 16.1. The number of aryl methyl sites for hydroxylation is 1. The van der Waals surface area contributed by atoms with Crippen molar-refractivity contribution in [2.24, 2.45) is 13.0 Å². The first-order chi connectivity index (χ1) is 12.7. The quantitative estimate of drug-likeness (QED) is 0.732. The van der Waals surface area contributed by atoms with Crippen LogP contribution in [-0.4, -0.2) is 38.6 Å². The molecule has 0 spiro atoms. The Balaban J connectivity index is 1.29. The normalized spacial score (nSPS) is 16.0. The topological polar surface area (TPSA) is 76.8 Å². The molecule has 3 aromatic rings. The van der Waals surface area contributed by atoms with Gasteiger partial charge in [0.25, 0.3) is 0 Å². The zero-order valence-corrected chi connectivity index (χ0v) is 14.7. The molecule has 0 aliphatic carbocycles. The molecule has 1 aliphatic rings. The summed E-state index contributed by atoms with van der Waals surface area (Å²) in [5.41, 5.74) is 4.11. The van der Waals surface area contributed by atoms with Gasteiger partial charge in [-0.15, -0.1) is 0 Å². The zero-order chi connectivity index (χ0) is 17.9. The highest BCUT2D eigenvalue weighted by molar-refractivity contribution is 5.80. The van der Waals surface area contributed by atoms with E-state index in [1.54, 1.807) is 0 Å². The molecule has 1 aromatic carbocycles. The maximum atomic E-state index is 12.5. The number of fused-ring (bicyclic) bond motifs is 1. The summed E-state index contributed by atoms with van der Waals surface area (Å²) in [4.78, 5) is 12.5. The second-order valence-corrected chi connectivity index (χ2v) is 6.54. The second kappa shape index (κ2) is 7.03. The Morgan fingerprint density at radius 3 is 3.00 bits per heavy atom. The summed E-state index contributed by atoms with van der Waals surface area (Å²) >= 11 is 0. The van der Waals surface area contributed by atoms with E-state index in [2.05, 4.69) is 20.8 Å².